The summed E-state index contributed by atoms with van der Waals surface area (Å²) in [5.41, 5.74) is 1.39. The second kappa shape index (κ2) is 9.06. The first-order chi connectivity index (χ1) is 10.3. The molecule has 2 atom stereocenters. The van der Waals surface area contributed by atoms with E-state index in [1.54, 1.807) is 7.11 Å². The van der Waals surface area contributed by atoms with Crippen molar-refractivity contribution in [2.24, 2.45) is 5.92 Å². The summed E-state index contributed by atoms with van der Waals surface area (Å²) in [6, 6.07) is 8.48. The van der Waals surface area contributed by atoms with Gasteiger partial charge in [0.1, 0.15) is 5.75 Å². The molecule has 1 N–H and O–H groups in total. The minimum Gasteiger partial charge on any atom is -0.497 e. The molecule has 118 valence electrons. The Labute approximate surface area is 129 Å². The Kier molecular flexibility index (Phi) is 7.04. The van der Waals surface area contributed by atoms with Crippen LogP contribution in [0.4, 0.5) is 0 Å². The lowest BCUT2D eigenvalue weighted by Gasteiger charge is -2.19. The van der Waals surface area contributed by atoms with Gasteiger partial charge in [0.2, 0.25) is 0 Å². The zero-order valence-corrected chi connectivity index (χ0v) is 13.4. The smallest absolute Gasteiger partial charge is 0.118 e. The first-order valence-corrected chi connectivity index (χ1v) is 8.27. The van der Waals surface area contributed by atoms with Gasteiger partial charge < -0.3 is 14.8 Å². The number of nitrogens with one attached hydrogen (secondary N) is 1. The van der Waals surface area contributed by atoms with Crippen molar-refractivity contribution in [1.82, 2.24) is 5.32 Å². The molecule has 0 radical (unpaired) electrons. The first kappa shape index (κ1) is 16.3. The van der Waals surface area contributed by atoms with Gasteiger partial charge in [-0.3, -0.25) is 0 Å². The van der Waals surface area contributed by atoms with Crippen molar-refractivity contribution in [2.45, 2.75) is 45.1 Å². The molecule has 1 fully saturated rings. The van der Waals surface area contributed by atoms with Crippen LogP contribution in [0.5, 0.6) is 5.75 Å². The van der Waals surface area contributed by atoms with E-state index in [2.05, 4.69) is 36.5 Å². The molecule has 0 amide bonds. The second-order valence-corrected chi connectivity index (χ2v) is 5.94. The molecule has 0 spiro atoms. The fourth-order valence-corrected chi connectivity index (χ4v) is 3.01. The highest BCUT2D eigenvalue weighted by Gasteiger charge is 2.18. The lowest BCUT2D eigenvalue weighted by molar-refractivity contribution is 0.0979. The van der Waals surface area contributed by atoms with E-state index in [1.165, 1.54) is 31.2 Å². The van der Waals surface area contributed by atoms with E-state index in [-0.39, 0.29) is 0 Å². The lowest BCUT2D eigenvalue weighted by Crippen LogP contribution is -2.25. The maximum Gasteiger partial charge on any atom is 0.118 e. The van der Waals surface area contributed by atoms with Gasteiger partial charge >= 0.3 is 0 Å². The Hall–Kier alpha value is -1.06. The third-order valence-corrected chi connectivity index (χ3v) is 4.29. The molecule has 1 heterocycles. The highest BCUT2D eigenvalue weighted by Crippen LogP contribution is 2.22. The molecule has 3 heteroatoms. The average molecular weight is 291 g/mol. The van der Waals surface area contributed by atoms with E-state index in [1.807, 2.05) is 0 Å². The second-order valence-electron chi connectivity index (χ2n) is 5.94. The fraction of sp³-hybridized carbons (Fsp3) is 0.667. The molecule has 1 aromatic carbocycles. The normalized spacial score (nSPS) is 19.6. The fourth-order valence-electron chi connectivity index (χ4n) is 3.01. The van der Waals surface area contributed by atoms with Gasteiger partial charge in [-0.1, -0.05) is 19.1 Å². The standard InChI is InChI=1S/C18H29NO2/c1-3-19-14-16(8-11-18-5-4-12-21-18)13-15-6-9-17(20-2)10-7-15/h6-7,9-10,16,18-19H,3-5,8,11-14H2,1-2H3. The number of hydrogen-bond donors (Lipinski definition) is 1. The van der Waals surface area contributed by atoms with Crippen molar-refractivity contribution < 1.29 is 9.47 Å². The topological polar surface area (TPSA) is 30.5 Å². The summed E-state index contributed by atoms with van der Waals surface area (Å²) in [5, 5.41) is 3.50. The molecule has 0 aliphatic carbocycles. The van der Waals surface area contributed by atoms with Crippen molar-refractivity contribution in [2.75, 3.05) is 26.8 Å². The minimum atomic E-state index is 0.505. The van der Waals surface area contributed by atoms with Crippen molar-refractivity contribution >= 4 is 0 Å². The van der Waals surface area contributed by atoms with Crippen molar-refractivity contribution in [3.63, 3.8) is 0 Å². The third-order valence-electron chi connectivity index (χ3n) is 4.29. The van der Waals surface area contributed by atoms with Crippen molar-refractivity contribution in [3.8, 4) is 5.75 Å². The van der Waals surface area contributed by atoms with Gasteiger partial charge in [-0.25, -0.2) is 0 Å². The highest BCUT2D eigenvalue weighted by molar-refractivity contribution is 5.27. The highest BCUT2D eigenvalue weighted by atomic mass is 16.5. The van der Waals surface area contributed by atoms with E-state index in [0.717, 1.165) is 31.9 Å². The van der Waals surface area contributed by atoms with Gasteiger partial charge in [0.15, 0.2) is 0 Å². The number of hydrogen-bond acceptors (Lipinski definition) is 3. The van der Waals surface area contributed by atoms with Gasteiger partial charge in [0, 0.05) is 6.61 Å². The van der Waals surface area contributed by atoms with E-state index in [0.29, 0.717) is 12.0 Å². The van der Waals surface area contributed by atoms with Crippen LogP contribution in [0.3, 0.4) is 0 Å². The van der Waals surface area contributed by atoms with Crippen molar-refractivity contribution in [3.05, 3.63) is 29.8 Å². The molecule has 0 aromatic heterocycles. The van der Waals surface area contributed by atoms with E-state index < -0.39 is 0 Å². The summed E-state index contributed by atoms with van der Waals surface area (Å²) in [6.45, 7) is 5.26. The molecule has 0 saturated carbocycles. The summed E-state index contributed by atoms with van der Waals surface area (Å²) in [6.07, 6.45) is 6.56. The van der Waals surface area contributed by atoms with E-state index in [9.17, 15) is 0 Å². The molecule has 2 rings (SSSR count). The number of methoxy groups -OCH3 is 1. The van der Waals surface area contributed by atoms with Crippen LogP contribution in [0.2, 0.25) is 0 Å². The quantitative estimate of drug-likeness (QED) is 0.756. The molecule has 1 aliphatic heterocycles. The largest absolute Gasteiger partial charge is 0.497 e. The number of benzene rings is 1. The SMILES string of the molecule is CCNCC(CCC1CCCO1)Cc1ccc(OC)cc1. The molecule has 21 heavy (non-hydrogen) atoms. The van der Waals surface area contributed by atoms with E-state index >= 15 is 0 Å². The number of ether oxygens (including phenoxy) is 2. The van der Waals surface area contributed by atoms with Gasteiger partial charge in [-0.05, 0) is 68.8 Å². The van der Waals surface area contributed by atoms with Gasteiger partial charge in [-0.2, -0.15) is 0 Å². The molecule has 1 aliphatic rings. The Morgan fingerprint density at radius 1 is 1.33 bits per heavy atom. The molecule has 1 aromatic rings. The van der Waals surface area contributed by atoms with Crippen LogP contribution in [0.15, 0.2) is 24.3 Å². The maximum absolute atomic E-state index is 5.75. The first-order valence-electron chi connectivity index (χ1n) is 8.27. The van der Waals surface area contributed by atoms with Gasteiger partial charge in [-0.15, -0.1) is 0 Å². The van der Waals surface area contributed by atoms with Gasteiger partial charge in [0.25, 0.3) is 0 Å². The zero-order valence-electron chi connectivity index (χ0n) is 13.4. The Balaban J connectivity index is 1.84. The monoisotopic (exact) mass is 291 g/mol. The van der Waals surface area contributed by atoms with Crippen LogP contribution < -0.4 is 10.1 Å². The maximum atomic E-state index is 5.75. The Morgan fingerprint density at radius 2 is 2.14 bits per heavy atom. The summed E-state index contributed by atoms with van der Waals surface area (Å²) in [5.74, 6) is 1.61. The van der Waals surface area contributed by atoms with Crippen LogP contribution in [0.1, 0.15) is 38.2 Å². The summed E-state index contributed by atoms with van der Waals surface area (Å²) in [4.78, 5) is 0. The van der Waals surface area contributed by atoms with Crippen LogP contribution in [-0.4, -0.2) is 32.9 Å². The molecular weight excluding hydrogens is 262 g/mol. The summed E-state index contributed by atoms with van der Waals surface area (Å²) < 4.78 is 11.0. The molecule has 2 unspecified atom stereocenters. The molecular formula is C18H29NO2. The average Bonchev–Trinajstić information content (AvgIpc) is 3.04. The summed E-state index contributed by atoms with van der Waals surface area (Å²) in [7, 11) is 1.71. The van der Waals surface area contributed by atoms with Crippen LogP contribution in [-0.2, 0) is 11.2 Å². The number of rotatable bonds is 9. The predicted octanol–water partition coefficient (Wildman–Crippen LogP) is 3.42. The Bertz CT molecular complexity index is 385. The molecule has 1 saturated heterocycles. The van der Waals surface area contributed by atoms with Crippen LogP contribution in [0.25, 0.3) is 0 Å². The molecule has 0 bridgehead atoms. The lowest BCUT2D eigenvalue weighted by atomic mass is 9.93. The van der Waals surface area contributed by atoms with Gasteiger partial charge in [0.05, 0.1) is 13.2 Å². The van der Waals surface area contributed by atoms with Crippen LogP contribution in [0, 0.1) is 5.92 Å². The van der Waals surface area contributed by atoms with Crippen molar-refractivity contribution in [1.29, 1.82) is 0 Å². The Morgan fingerprint density at radius 3 is 2.76 bits per heavy atom. The zero-order chi connectivity index (χ0) is 14.9. The van der Waals surface area contributed by atoms with Crippen LogP contribution >= 0.6 is 0 Å². The molecule has 3 nitrogen and oxygen atoms in total. The predicted molar refractivity (Wildman–Crippen MR) is 86.9 cm³/mol. The van der Waals surface area contributed by atoms with E-state index in [4.69, 9.17) is 9.47 Å². The minimum absolute atomic E-state index is 0.505. The third kappa shape index (κ3) is 5.68. The summed E-state index contributed by atoms with van der Waals surface area (Å²) >= 11 is 0.